The average Bonchev–Trinajstić information content (AvgIpc) is 2.46. The second-order valence-electron chi connectivity index (χ2n) is 3.12. The molecule has 5 nitrogen and oxygen atoms in total. The summed E-state index contributed by atoms with van der Waals surface area (Å²) >= 11 is -2.04. The fourth-order valence-electron chi connectivity index (χ4n) is 1.07. The average molecular weight is 216 g/mol. The van der Waals surface area contributed by atoms with Crippen molar-refractivity contribution in [1.29, 1.82) is 0 Å². The first-order valence-electron chi connectivity index (χ1n) is 3.92. The molecule has 0 saturated heterocycles. The third-order valence-electron chi connectivity index (χ3n) is 1.81. The molecule has 0 saturated carbocycles. The smallest absolute Gasteiger partial charge is 0.269 e. The fourth-order valence-corrected chi connectivity index (χ4v) is 1.53. The van der Waals surface area contributed by atoms with Gasteiger partial charge in [0.05, 0.1) is 4.90 Å². The summed E-state index contributed by atoms with van der Waals surface area (Å²) < 4.78 is 21.1. The minimum Gasteiger partial charge on any atom is -0.345 e. The maximum absolute atomic E-state index is 11.5. The van der Waals surface area contributed by atoms with Crippen LogP contribution in [0, 0.1) is 0 Å². The molecule has 0 spiro atoms. The Morgan fingerprint density at radius 1 is 1.57 bits per heavy atom. The van der Waals surface area contributed by atoms with E-state index < -0.39 is 11.1 Å². The number of amides is 1. The van der Waals surface area contributed by atoms with Crippen LogP contribution in [0.4, 0.5) is 0 Å². The fraction of sp³-hybridized carbons (Fsp3) is 0.375. The minimum atomic E-state index is -2.04. The van der Waals surface area contributed by atoms with Gasteiger partial charge in [0.1, 0.15) is 5.69 Å². The summed E-state index contributed by atoms with van der Waals surface area (Å²) in [4.78, 5) is 13.2. The van der Waals surface area contributed by atoms with Gasteiger partial charge in [0.25, 0.3) is 5.91 Å². The maximum atomic E-state index is 11.5. The highest BCUT2D eigenvalue weighted by molar-refractivity contribution is 7.79. The molecule has 1 heterocycles. The lowest BCUT2D eigenvalue weighted by Gasteiger charge is -2.09. The van der Waals surface area contributed by atoms with E-state index in [-0.39, 0.29) is 10.8 Å². The van der Waals surface area contributed by atoms with E-state index in [9.17, 15) is 9.00 Å². The molecule has 0 aromatic carbocycles. The van der Waals surface area contributed by atoms with Gasteiger partial charge >= 0.3 is 0 Å². The number of carbonyl (C=O) groups excluding carboxylic acids is 1. The van der Waals surface area contributed by atoms with E-state index in [2.05, 4.69) is 0 Å². The van der Waals surface area contributed by atoms with Crippen LogP contribution in [-0.2, 0) is 18.1 Å². The van der Waals surface area contributed by atoms with Crippen LogP contribution < -0.4 is 0 Å². The van der Waals surface area contributed by atoms with Gasteiger partial charge in [-0.05, 0) is 6.07 Å². The molecule has 1 rings (SSSR count). The maximum Gasteiger partial charge on any atom is 0.269 e. The highest BCUT2D eigenvalue weighted by Crippen LogP contribution is 2.11. The molecule has 1 amide bonds. The van der Waals surface area contributed by atoms with Crippen molar-refractivity contribution < 1.29 is 13.6 Å². The zero-order chi connectivity index (χ0) is 10.9. The molecule has 1 unspecified atom stereocenters. The topological polar surface area (TPSA) is 62.5 Å². The van der Waals surface area contributed by atoms with E-state index in [4.69, 9.17) is 4.55 Å². The monoisotopic (exact) mass is 216 g/mol. The summed E-state index contributed by atoms with van der Waals surface area (Å²) in [6.07, 6.45) is 1.47. The molecule has 78 valence electrons. The number of hydrogen-bond acceptors (Lipinski definition) is 2. The molecule has 0 radical (unpaired) electrons. The van der Waals surface area contributed by atoms with E-state index in [0.29, 0.717) is 5.69 Å². The van der Waals surface area contributed by atoms with Crippen molar-refractivity contribution >= 4 is 17.0 Å². The first kappa shape index (κ1) is 10.9. The first-order chi connectivity index (χ1) is 6.43. The van der Waals surface area contributed by atoms with Crippen LogP contribution in [0.5, 0.6) is 0 Å². The van der Waals surface area contributed by atoms with Crippen LogP contribution in [-0.4, -0.2) is 38.2 Å². The van der Waals surface area contributed by atoms with Gasteiger partial charge in [-0.25, -0.2) is 4.21 Å². The van der Waals surface area contributed by atoms with Crippen molar-refractivity contribution in [3.05, 3.63) is 18.0 Å². The van der Waals surface area contributed by atoms with Gasteiger partial charge in [-0.1, -0.05) is 0 Å². The second-order valence-corrected chi connectivity index (χ2v) is 4.09. The van der Waals surface area contributed by atoms with Gasteiger partial charge in [0.15, 0.2) is 11.1 Å². The molecule has 0 aliphatic rings. The van der Waals surface area contributed by atoms with Crippen LogP contribution in [0.25, 0.3) is 0 Å². The van der Waals surface area contributed by atoms with E-state index in [1.807, 2.05) is 0 Å². The molecular weight excluding hydrogens is 204 g/mol. The Labute approximate surface area is 84.6 Å². The van der Waals surface area contributed by atoms with Gasteiger partial charge in [-0.2, -0.15) is 0 Å². The summed E-state index contributed by atoms with van der Waals surface area (Å²) in [7, 11) is 4.92. The van der Waals surface area contributed by atoms with Crippen LogP contribution >= 0.6 is 0 Å². The van der Waals surface area contributed by atoms with Gasteiger partial charge in [0.2, 0.25) is 0 Å². The molecule has 1 atom stereocenters. The van der Waals surface area contributed by atoms with Crippen molar-refractivity contribution in [3.8, 4) is 0 Å². The quantitative estimate of drug-likeness (QED) is 0.723. The summed E-state index contributed by atoms with van der Waals surface area (Å²) in [6.45, 7) is 0. The zero-order valence-electron chi connectivity index (χ0n) is 8.22. The molecular formula is C8H12N2O3S. The number of aromatic nitrogens is 1. The van der Waals surface area contributed by atoms with Crippen LogP contribution in [0.1, 0.15) is 10.5 Å². The lowest BCUT2D eigenvalue weighted by Crippen LogP contribution is -2.23. The molecule has 1 aromatic rings. The Morgan fingerprint density at radius 3 is 2.50 bits per heavy atom. The highest BCUT2D eigenvalue weighted by atomic mass is 32.2. The van der Waals surface area contributed by atoms with Crippen molar-refractivity contribution in [2.24, 2.45) is 7.05 Å². The van der Waals surface area contributed by atoms with Gasteiger partial charge in [-0.15, -0.1) is 0 Å². The van der Waals surface area contributed by atoms with Gasteiger partial charge in [0, 0.05) is 27.3 Å². The summed E-state index contributed by atoms with van der Waals surface area (Å²) in [6, 6.07) is 1.42. The van der Waals surface area contributed by atoms with Crippen LogP contribution in [0.2, 0.25) is 0 Å². The Morgan fingerprint density at radius 2 is 2.14 bits per heavy atom. The van der Waals surface area contributed by atoms with Crippen molar-refractivity contribution in [2.45, 2.75) is 4.90 Å². The Balaban J connectivity index is 3.11. The van der Waals surface area contributed by atoms with Crippen LogP contribution in [0.3, 0.4) is 0 Å². The first-order valence-corrected chi connectivity index (χ1v) is 5.03. The largest absolute Gasteiger partial charge is 0.345 e. The summed E-state index contributed by atoms with van der Waals surface area (Å²) in [5, 5.41) is 0. The third-order valence-corrected chi connectivity index (χ3v) is 2.43. The molecule has 0 fully saturated rings. The van der Waals surface area contributed by atoms with E-state index in [0.717, 1.165) is 0 Å². The summed E-state index contributed by atoms with van der Waals surface area (Å²) in [5.74, 6) is -0.191. The Bertz CT molecular complexity index is 384. The standard InChI is InChI=1S/C8H12N2O3S/c1-9(2)8(11)7-4-6(14(12)13)5-10(7)3/h4-5H,1-3H3,(H,12,13). The van der Waals surface area contributed by atoms with Crippen LogP contribution in [0.15, 0.2) is 17.2 Å². The number of hydrogen-bond donors (Lipinski definition) is 1. The molecule has 1 N–H and O–H groups in total. The number of nitrogens with zero attached hydrogens (tertiary/aromatic N) is 2. The van der Waals surface area contributed by atoms with E-state index in [1.54, 1.807) is 21.1 Å². The molecule has 14 heavy (non-hydrogen) atoms. The molecule has 0 aliphatic heterocycles. The SMILES string of the molecule is CN(C)C(=O)c1cc(S(=O)O)cn1C. The number of carbonyl (C=O) groups is 1. The predicted molar refractivity (Wildman–Crippen MR) is 52.5 cm³/mol. The number of aryl methyl sites for hydroxylation is 1. The van der Waals surface area contributed by atoms with Crippen molar-refractivity contribution in [3.63, 3.8) is 0 Å². The molecule has 6 heteroatoms. The minimum absolute atomic E-state index is 0.191. The number of rotatable bonds is 2. The normalized spacial score (nSPS) is 12.6. The molecule has 0 aliphatic carbocycles. The van der Waals surface area contributed by atoms with Crippen molar-refractivity contribution in [2.75, 3.05) is 14.1 Å². The highest BCUT2D eigenvalue weighted by Gasteiger charge is 2.15. The second kappa shape index (κ2) is 3.93. The van der Waals surface area contributed by atoms with Crippen molar-refractivity contribution in [1.82, 2.24) is 9.47 Å². The molecule has 0 bridgehead atoms. The third kappa shape index (κ3) is 2.02. The lowest BCUT2D eigenvalue weighted by atomic mass is 10.4. The van der Waals surface area contributed by atoms with E-state index >= 15 is 0 Å². The predicted octanol–water partition coefficient (Wildman–Crippen LogP) is 0.307. The Kier molecular flexibility index (Phi) is 3.07. The zero-order valence-corrected chi connectivity index (χ0v) is 9.04. The van der Waals surface area contributed by atoms with Gasteiger partial charge in [-0.3, -0.25) is 4.79 Å². The molecule has 1 aromatic heterocycles. The lowest BCUT2D eigenvalue weighted by molar-refractivity contribution is 0.0818. The summed E-state index contributed by atoms with van der Waals surface area (Å²) in [5.41, 5.74) is 0.396. The Hall–Kier alpha value is -1.14. The van der Waals surface area contributed by atoms with Gasteiger partial charge < -0.3 is 14.0 Å². The van der Waals surface area contributed by atoms with E-state index in [1.165, 1.54) is 21.7 Å².